The highest BCUT2D eigenvalue weighted by atomic mass is 35.5. The molecule has 2 aliphatic heterocycles. The monoisotopic (exact) mass is 475 g/mol. The summed E-state index contributed by atoms with van der Waals surface area (Å²) in [6.45, 7) is 3.40. The Labute approximate surface area is 197 Å². The second-order valence-corrected chi connectivity index (χ2v) is 8.69. The third kappa shape index (κ3) is 4.70. The van der Waals surface area contributed by atoms with Crippen LogP contribution in [0.15, 0.2) is 47.5 Å². The number of benzodiazepines with no additional fused rings is 1. The fourth-order valence-corrected chi connectivity index (χ4v) is 4.46. The van der Waals surface area contributed by atoms with E-state index in [0.29, 0.717) is 26.6 Å². The zero-order valence-corrected chi connectivity index (χ0v) is 19.4. The molecule has 0 aliphatic carbocycles. The van der Waals surface area contributed by atoms with Gasteiger partial charge in [-0.25, -0.2) is 4.99 Å². The SMILES string of the molecule is CN1C(=O)C(NC(=S)N2CCCNCC2)N=C(c2ccccc2Cl)c2cc(Cl)ccc21. The van der Waals surface area contributed by atoms with Crippen LogP contribution in [0.4, 0.5) is 5.69 Å². The number of thiocarbonyl (C=S) groups is 1. The van der Waals surface area contributed by atoms with Gasteiger partial charge in [0.1, 0.15) is 0 Å². The predicted octanol–water partition coefficient (Wildman–Crippen LogP) is 3.30. The van der Waals surface area contributed by atoms with Crippen LogP contribution in [0.25, 0.3) is 0 Å². The van der Waals surface area contributed by atoms with Crippen molar-refractivity contribution in [3.63, 3.8) is 0 Å². The summed E-state index contributed by atoms with van der Waals surface area (Å²) in [6, 6.07) is 12.8. The van der Waals surface area contributed by atoms with E-state index < -0.39 is 6.17 Å². The minimum absolute atomic E-state index is 0.207. The number of nitrogens with one attached hydrogen (secondary N) is 2. The Kier molecular flexibility index (Phi) is 6.77. The lowest BCUT2D eigenvalue weighted by Crippen LogP contribution is -2.51. The van der Waals surface area contributed by atoms with Gasteiger partial charge < -0.3 is 20.4 Å². The van der Waals surface area contributed by atoms with Crippen LogP contribution in [0.1, 0.15) is 17.5 Å². The van der Waals surface area contributed by atoms with E-state index in [1.807, 2.05) is 30.3 Å². The van der Waals surface area contributed by atoms with Gasteiger partial charge >= 0.3 is 0 Å². The molecule has 0 bridgehead atoms. The Morgan fingerprint density at radius 1 is 1.16 bits per heavy atom. The lowest BCUT2D eigenvalue weighted by Gasteiger charge is -2.27. The van der Waals surface area contributed by atoms with E-state index in [0.717, 1.165) is 43.7 Å². The molecule has 1 fully saturated rings. The number of aliphatic imine (C=N–C) groups is 1. The van der Waals surface area contributed by atoms with Crippen molar-refractivity contribution in [2.45, 2.75) is 12.6 Å². The minimum Gasteiger partial charge on any atom is -0.348 e. The molecule has 4 rings (SSSR count). The van der Waals surface area contributed by atoms with Crippen molar-refractivity contribution in [1.29, 1.82) is 0 Å². The molecule has 2 aliphatic rings. The molecular formula is C22H23Cl2N5OS. The predicted molar refractivity (Wildman–Crippen MR) is 131 cm³/mol. The summed E-state index contributed by atoms with van der Waals surface area (Å²) in [7, 11) is 1.73. The van der Waals surface area contributed by atoms with Crippen LogP contribution in [-0.2, 0) is 4.79 Å². The molecule has 1 saturated heterocycles. The van der Waals surface area contributed by atoms with Gasteiger partial charge in [-0.05, 0) is 49.4 Å². The molecule has 31 heavy (non-hydrogen) atoms. The normalized spacial score (nSPS) is 19.3. The first-order chi connectivity index (χ1) is 15.0. The van der Waals surface area contributed by atoms with Crippen molar-refractivity contribution >= 4 is 57.8 Å². The number of fused-ring (bicyclic) bond motifs is 1. The molecule has 1 atom stereocenters. The standard InChI is InChI=1S/C22H23Cl2N5OS/c1-28-18-8-7-14(23)13-16(18)19(15-5-2-3-6-17(15)24)26-20(21(28)30)27-22(31)29-11-4-9-25-10-12-29/h2-3,5-8,13,20,25H,4,9-12H2,1H3,(H,27,31). The second-order valence-electron chi connectivity index (χ2n) is 7.46. The number of rotatable bonds is 2. The Balaban J connectivity index is 1.76. The van der Waals surface area contributed by atoms with Crippen LogP contribution in [0.5, 0.6) is 0 Å². The van der Waals surface area contributed by atoms with Gasteiger partial charge in [0.25, 0.3) is 5.91 Å². The molecule has 2 aromatic rings. The number of likely N-dealkylation sites (N-methyl/N-ethyl adjacent to an activating group) is 1. The number of amides is 1. The van der Waals surface area contributed by atoms with Crippen LogP contribution in [0, 0.1) is 0 Å². The molecule has 6 nitrogen and oxygen atoms in total. The first-order valence-corrected chi connectivity index (χ1v) is 11.3. The van der Waals surface area contributed by atoms with E-state index in [1.54, 1.807) is 24.1 Å². The highest BCUT2D eigenvalue weighted by molar-refractivity contribution is 7.80. The summed E-state index contributed by atoms with van der Waals surface area (Å²) in [4.78, 5) is 21.8. The largest absolute Gasteiger partial charge is 0.348 e. The summed E-state index contributed by atoms with van der Waals surface area (Å²) in [5.74, 6) is -0.207. The van der Waals surface area contributed by atoms with Gasteiger partial charge in [-0.1, -0.05) is 41.4 Å². The molecule has 2 aromatic carbocycles. The van der Waals surface area contributed by atoms with Crippen LogP contribution in [0.2, 0.25) is 10.0 Å². The Morgan fingerprint density at radius 3 is 2.77 bits per heavy atom. The summed E-state index contributed by atoms with van der Waals surface area (Å²) in [6.07, 6.45) is 0.101. The molecule has 0 saturated carbocycles. The van der Waals surface area contributed by atoms with Crippen molar-refractivity contribution in [3.8, 4) is 0 Å². The van der Waals surface area contributed by atoms with Gasteiger partial charge in [0.15, 0.2) is 5.11 Å². The maximum absolute atomic E-state index is 13.3. The van der Waals surface area contributed by atoms with E-state index in [4.69, 9.17) is 40.4 Å². The quantitative estimate of drug-likeness (QED) is 0.652. The van der Waals surface area contributed by atoms with Gasteiger partial charge in [-0.3, -0.25) is 4.79 Å². The Bertz CT molecular complexity index is 1040. The zero-order chi connectivity index (χ0) is 22.0. The molecule has 2 heterocycles. The third-order valence-corrected chi connectivity index (χ3v) is 6.35. The van der Waals surface area contributed by atoms with E-state index in [-0.39, 0.29) is 5.91 Å². The number of nitrogens with zero attached hydrogens (tertiary/aromatic N) is 3. The van der Waals surface area contributed by atoms with Crippen molar-refractivity contribution in [1.82, 2.24) is 15.5 Å². The second kappa shape index (κ2) is 9.53. The Hall–Kier alpha value is -2.19. The number of hydrogen-bond acceptors (Lipinski definition) is 4. The molecule has 2 N–H and O–H groups in total. The summed E-state index contributed by atoms with van der Waals surface area (Å²) < 4.78 is 0. The van der Waals surface area contributed by atoms with Crippen molar-refractivity contribution in [2.75, 3.05) is 38.1 Å². The third-order valence-electron chi connectivity index (χ3n) is 5.41. The number of benzene rings is 2. The Morgan fingerprint density at radius 2 is 1.97 bits per heavy atom. The molecular weight excluding hydrogens is 453 g/mol. The average Bonchev–Trinajstić information content (AvgIpc) is 3.09. The maximum Gasteiger partial charge on any atom is 0.272 e. The van der Waals surface area contributed by atoms with E-state index >= 15 is 0 Å². The number of anilines is 1. The molecule has 9 heteroatoms. The van der Waals surface area contributed by atoms with Crippen LogP contribution >= 0.6 is 35.4 Å². The van der Waals surface area contributed by atoms with Crippen molar-refractivity contribution in [2.24, 2.45) is 4.99 Å². The smallest absolute Gasteiger partial charge is 0.272 e. The lowest BCUT2D eigenvalue weighted by atomic mass is 10.00. The molecule has 1 amide bonds. The van der Waals surface area contributed by atoms with Gasteiger partial charge in [-0.15, -0.1) is 0 Å². The maximum atomic E-state index is 13.3. The molecule has 0 aromatic heterocycles. The highest BCUT2D eigenvalue weighted by Gasteiger charge is 2.32. The number of halogens is 2. The first kappa shape index (κ1) is 22.0. The van der Waals surface area contributed by atoms with E-state index in [2.05, 4.69) is 15.5 Å². The van der Waals surface area contributed by atoms with Gasteiger partial charge in [0, 0.05) is 47.9 Å². The molecule has 0 radical (unpaired) electrons. The molecule has 162 valence electrons. The fourth-order valence-electron chi connectivity index (χ4n) is 3.77. The number of hydrogen-bond donors (Lipinski definition) is 2. The molecule has 1 unspecified atom stereocenters. The van der Waals surface area contributed by atoms with Gasteiger partial charge in [0.2, 0.25) is 6.17 Å². The van der Waals surface area contributed by atoms with Crippen LogP contribution < -0.4 is 15.5 Å². The minimum atomic E-state index is -0.883. The topological polar surface area (TPSA) is 60.0 Å². The zero-order valence-electron chi connectivity index (χ0n) is 17.1. The van der Waals surface area contributed by atoms with Crippen molar-refractivity contribution in [3.05, 3.63) is 63.6 Å². The average molecular weight is 476 g/mol. The van der Waals surface area contributed by atoms with E-state index in [1.165, 1.54) is 0 Å². The molecule has 0 spiro atoms. The summed E-state index contributed by atoms with van der Waals surface area (Å²) in [5.41, 5.74) is 2.78. The highest BCUT2D eigenvalue weighted by Crippen LogP contribution is 2.31. The number of carbonyl (C=O) groups is 1. The summed E-state index contributed by atoms with van der Waals surface area (Å²) in [5, 5.41) is 8.15. The van der Waals surface area contributed by atoms with Crippen molar-refractivity contribution < 1.29 is 4.79 Å². The van der Waals surface area contributed by atoms with E-state index in [9.17, 15) is 4.79 Å². The number of carbonyl (C=O) groups excluding carboxylic acids is 1. The lowest BCUT2D eigenvalue weighted by molar-refractivity contribution is -0.119. The van der Waals surface area contributed by atoms with Gasteiger partial charge in [0.05, 0.1) is 11.4 Å². The fraction of sp³-hybridized carbons (Fsp3) is 0.318. The first-order valence-electron chi connectivity index (χ1n) is 10.1. The van der Waals surface area contributed by atoms with Crippen LogP contribution in [0.3, 0.4) is 0 Å². The summed E-state index contributed by atoms with van der Waals surface area (Å²) >= 11 is 18.5. The van der Waals surface area contributed by atoms with Gasteiger partial charge in [-0.2, -0.15) is 0 Å². The van der Waals surface area contributed by atoms with Crippen LogP contribution in [-0.4, -0.2) is 61.0 Å².